The average Bonchev–Trinajstić information content (AvgIpc) is 3.00. The van der Waals surface area contributed by atoms with Crippen molar-refractivity contribution in [2.24, 2.45) is 0 Å². The highest BCUT2D eigenvalue weighted by molar-refractivity contribution is 7.95. The van der Waals surface area contributed by atoms with Crippen LogP contribution in [0.3, 0.4) is 0 Å². The average molecular weight is 616 g/mol. The number of nitrogens with zero attached hydrogens (tertiary/aromatic N) is 2. The van der Waals surface area contributed by atoms with Crippen LogP contribution in [-0.2, 0) is 9.75 Å². The summed E-state index contributed by atoms with van der Waals surface area (Å²) in [5.74, 6) is 0.671. The molecule has 0 aliphatic carbocycles. The van der Waals surface area contributed by atoms with Crippen molar-refractivity contribution in [2.75, 3.05) is 32.7 Å². The largest absolute Gasteiger partial charge is 0.377 e. The van der Waals surface area contributed by atoms with E-state index in [9.17, 15) is 9.90 Å². The Morgan fingerprint density at radius 3 is 2.32 bits per heavy atom. The molecule has 0 unspecified atom stereocenters. The normalized spacial score (nSPS) is 21.0. The minimum Gasteiger partial charge on any atom is -0.377 e. The number of para-hydroxylation sites is 1. The summed E-state index contributed by atoms with van der Waals surface area (Å²) < 4.78 is 5.30. The van der Waals surface area contributed by atoms with Crippen molar-refractivity contribution < 1.29 is 19.1 Å². The third-order valence-electron chi connectivity index (χ3n) is 8.25. The zero-order chi connectivity index (χ0) is 28.7. The van der Waals surface area contributed by atoms with Gasteiger partial charge in [-0.1, -0.05) is 65.7 Å². The van der Waals surface area contributed by atoms with E-state index in [0.717, 1.165) is 69.5 Å². The fraction of sp³-hybridized carbons (Fsp3) is 0.406. The molecule has 3 aromatic carbocycles. The van der Waals surface area contributed by atoms with Crippen LogP contribution in [0.2, 0.25) is 10.0 Å². The first-order chi connectivity index (χ1) is 19.9. The van der Waals surface area contributed by atoms with Crippen LogP contribution in [0, 0.1) is 0 Å². The quantitative estimate of drug-likeness (QED) is 0.111. The lowest BCUT2D eigenvalue weighted by molar-refractivity contribution is -0.0882. The molecule has 3 aromatic rings. The molecule has 6 nitrogen and oxygen atoms in total. The second-order valence-electron chi connectivity index (χ2n) is 11.0. The fourth-order valence-corrected chi connectivity index (χ4v) is 6.81. The van der Waals surface area contributed by atoms with Gasteiger partial charge in [0.2, 0.25) is 0 Å². The Labute approximate surface area is 256 Å². The first-order valence-corrected chi connectivity index (χ1v) is 15.7. The molecule has 2 heterocycles. The number of carbonyl (C=O) groups excluding carboxylic acids is 1. The van der Waals surface area contributed by atoms with Gasteiger partial charge in [0, 0.05) is 50.0 Å². The molecule has 1 atom stereocenters. The number of rotatable bonds is 10. The molecule has 9 heteroatoms. The maximum absolute atomic E-state index is 13.4. The Kier molecular flexibility index (Phi) is 10.2. The van der Waals surface area contributed by atoms with Gasteiger partial charge < -0.3 is 19.8 Å². The highest BCUT2D eigenvalue weighted by Gasteiger charge is 2.39. The highest BCUT2D eigenvalue weighted by atomic mass is 35.5. The van der Waals surface area contributed by atoms with Gasteiger partial charge in [-0.25, -0.2) is 0 Å². The van der Waals surface area contributed by atoms with E-state index in [1.165, 1.54) is 0 Å². The van der Waals surface area contributed by atoms with Crippen LogP contribution in [0.4, 0.5) is 0 Å². The molecular formula is C32H36Cl2N2O4S. The highest BCUT2D eigenvalue weighted by Crippen LogP contribution is 2.41. The zero-order valence-electron chi connectivity index (χ0n) is 23.0. The number of benzene rings is 3. The SMILES string of the molecule is O=C(c1ccccc1)N1CCC[C@](CCCN2CCC(O)(SOOc3ccccc3)CC2)(c2ccc(Cl)c(Cl)c2)C1. The van der Waals surface area contributed by atoms with E-state index in [-0.39, 0.29) is 11.3 Å². The first-order valence-electron chi connectivity index (χ1n) is 14.2. The second-order valence-corrected chi connectivity index (χ2v) is 12.9. The van der Waals surface area contributed by atoms with Crippen LogP contribution in [0.15, 0.2) is 78.9 Å². The molecule has 2 fully saturated rings. The summed E-state index contributed by atoms with van der Waals surface area (Å²) in [5, 5.41) is 12.1. The van der Waals surface area contributed by atoms with Gasteiger partial charge in [0.15, 0.2) is 5.75 Å². The maximum Gasteiger partial charge on any atom is 0.253 e. The van der Waals surface area contributed by atoms with Crippen LogP contribution in [0.5, 0.6) is 5.75 Å². The lowest BCUT2D eigenvalue weighted by Crippen LogP contribution is -2.49. The first kappa shape index (κ1) is 30.2. The standard InChI is InChI=1S/C32H36Cl2N2O4S/c33-28-14-13-26(23-29(28)34)31(16-8-20-36(24-31)30(37)25-9-3-1-4-10-25)15-7-19-35-21-17-32(38,18-22-35)41-40-39-27-11-5-2-6-12-27/h1-6,9-14,23,38H,7-8,15-22,24H2/t31-/m0/s1. The molecule has 2 saturated heterocycles. The summed E-state index contributed by atoms with van der Waals surface area (Å²) in [6.45, 7) is 3.86. The summed E-state index contributed by atoms with van der Waals surface area (Å²) in [4.78, 5) is 22.1. The van der Waals surface area contributed by atoms with Crippen molar-refractivity contribution in [2.45, 2.75) is 48.9 Å². The Morgan fingerprint density at radius 1 is 0.902 bits per heavy atom. The number of amides is 1. The van der Waals surface area contributed by atoms with E-state index >= 15 is 0 Å². The van der Waals surface area contributed by atoms with Crippen molar-refractivity contribution in [1.82, 2.24) is 9.80 Å². The van der Waals surface area contributed by atoms with E-state index in [0.29, 0.717) is 40.7 Å². The number of hydrogen-bond donors (Lipinski definition) is 1. The number of likely N-dealkylation sites (tertiary alicyclic amines) is 2. The van der Waals surface area contributed by atoms with Gasteiger partial charge in [-0.2, -0.15) is 0 Å². The number of hydrogen-bond acceptors (Lipinski definition) is 6. The van der Waals surface area contributed by atoms with Crippen LogP contribution in [0.1, 0.15) is 54.4 Å². The molecule has 218 valence electrons. The zero-order valence-corrected chi connectivity index (χ0v) is 25.3. The topological polar surface area (TPSA) is 62.2 Å². The molecule has 2 aliphatic heterocycles. The number of halogens is 2. The molecule has 0 radical (unpaired) electrons. The second kappa shape index (κ2) is 13.8. The number of aliphatic hydroxyl groups is 1. The summed E-state index contributed by atoms with van der Waals surface area (Å²) in [6.07, 6.45) is 4.98. The predicted molar refractivity (Wildman–Crippen MR) is 165 cm³/mol. The van der Waals surface area contributed by atoms with Gasteiger partial charge in [0.05, 0.1) is 22.1 Å². The van der Waals surface area contributed by atoms with Gasteiger partial charge >= 0.3 is 0 Å². The summed E-state index contributed by atoms with van der Waals surface area (Å²) in [7, 11) is 0. The van der Waals surface area contributed by atoms with Gasteiger partial charge in [-0.3, -0.25) is 4.79 Å². The van der Waals surface area contributed by atoms with Crippen LogP contribution in [0.25, 0.3) is 0 Å². The molecule has 0 spiro atoms. The maximum atomic E-state index is 13.4. The van der Waals surface area contributed by atoms with Crippen molar-refractivity contribution in [1.29, 1.82) is 0 Å². The molecule has 0 bridgehead atoms. The summed E-state index contributed by atoms with van der Waals surface area (Å²) in [5.41, 5.74) is 1.65. The third-order valence-corrected chi connectivity index (χ3v) is 9.84. The summed E-state index contributed by atoms with van der Waals surface area (Å²) in [6, 6.07) is 24.7. The predicted octanol–water partition coefficient (Wildman–Crippen LogP) is 7.39. The smallest absolute Gasteiger partial charge is 0.253 e. The monoisotopic (exact) mass is 614 g/mol. The number of piperidine rings is 2. The summed E-state index contributed by atoms with van der Waals surface area (Å²) >= 11 is 13.7. The molecule has 1 amide bonds. The Balaban J connectivity index is 1.19. The van der Waals surface area contributed by atoms with E-state index in [2.05, 4.69) is 11.0 Å². The van der Waals surface area contributed by atoms with Gasteiger partial charge in [-0.15, -0.1) is 4.33 Å². The van der Waals surface area contributed by atoms with E-state index in [1.807, 2.05) is 65.6 Å². The van der Waals surface area contributed by atoms with Gasteiger partial charge in [0.25, 0.3) is 5.91 Å². The fourth-order valence-electron chi connectivity index (χ4n) is 5.92. The molecular weight excluding hydrogens is 579 g/mol. The molecule has 0 saturated carbocycles. The molecule has 5 rings (SSSR count). The number of carbonyl (C=O) groups is 1. The van der Waals surface area contributed by atoms with Gasteiger partial charge in [0.1, 0.15) is 4.93 Å². The lowest BCUT2D eigenvalue weighted by Gasteiger charge is -2.44. The van der Waals surface area contributed by atoms with Crippen LogP contribution < -0.4 is 4.89 Å². The minimum atomic E-state index is -0.978. The Bertz CT molecular complexity index is 1290. The van der Waals surface area contributed by atoms with Gasteiger partial charge in [-0.05, 0) is 74.2 Å². The van der Waals surface area contributed by atoms with E-state index in [4.69, 9.17) is 32.4 Å². The van der Waals surface area contributed by atoms with Crippen molar-refractivity contribution >= 4 is 41.2 Å². The van der Waals surface area contributed by atoms with E-state index < -0.39 is 4.93 Å². The molecule has 2 aliphatic rings. The lowest BCUT2D eigenvalue weighted by atomic mass is 9.71. The Hall–Kier alpha value is -2.26. The Morgan fingerprint density at radius 2 is 1.61 bits per heavy atom. The van der Waals surface area contributed by atoms with Crippen LogP contribution >= 0.6 is 35.2 Å². The minimum absolute atomic E-state index is 0.0704. The third kappa shape index (κ3) is 7.78. The van der Waals surface area contributed by atoms with Crippen LogP contribution in [-0.4, -0.2) is 58.5 Å². The molecule has 1 N–H and O–H groups in total. The molecule has 0 aromatic heterocycles. The van der Waals surface area contributed by atoms with Crippen molar-refractivity contribution in [3.05, 3.63) is 100 Å². The van der Waals surface area contributed by atoms with Crippen molar-refractivity contribution in [3.63, 3.8) is 0 Å². The molecule has 41 heavy (non-hydrogen) atoms. The van der Waals surface area contributed by atoms with E-state index in [1.54, 1.807) is 12.1 Å². The van der Waals surface area contributed by atoms with Crippen molar-refractivity contribution in [3.8, 4) is 5.75 Å².